The zero-order valence-electron chi connectivity index (χ0n) is 16.9. The maximum atomic E-state index is 12.7. The van der Waals surface area contributed by atoms with E-state index in [4.69, 9.17) is 0 Å². The first-order valence-corrected chi connectivity index (χ1v) is 10.0. The molecule has 4 unspecified atom stereocenters. The second kappa shape index (κ2) is 9.27. The third kappa shape index (κ3) is 4.34. The van der Waals surface area contributed by atoms with Gasteiger partial charge < -0.3 is 10.6 Å². The molecule has 1 saturated heterocycles. The van der Waals surface area contributed by atoms with Crippen LogP contribution in [0.3, 0.4) is 0 Å². The molecule has 2 N–H and O–H groups in total. The van der Waals surface area contributed by atoms with Crippen molar-refractivity contribution in [1.29, 1.82) is 0 Å². The molecule has 2 amide bonds. The number of rotatable bonds is 7. The lowest BCUT2D eigenvalue weighted by atomic mass is 9.85. The minimum Gasteiger partial charge on any atom is -0.356 e. The van der Waals surface area contributed by atoms with E-state index in [2.05, 4.69) is 32.9 Å². The van der Waals surface area contributed by atoms with Crippen LogP contribution in [-0.4, -0.2) is 59.1 Å². The van der Waals surface area contributed by atoms with Crippen molar-refractivity contribution in [2.75, 3.05) is 26.7 Å². The van der Waals surface area contributed by atoms with E-state index in [1.807, 2.05) is 19.4 Å². The van der Waals surface area contributed by atoms with Crippen LogP contribution in [-0.2, 0) is 23.1 Å². The number of carbonyl (C=O) groups excluding carboxylic acids is 2. The number of amides is 2. The van der Waals surface area contributed by atoms with Crippen molar-refractivity contribution >= 4 is 41.8 Å². The van der Waals surface area contributed by atoms with Gasteiger partial charge in [0.2, 0.25) is 11.8 Å². The molecule has 1 aromatic rings. The maximum Gasteiger partial charge on any atom is 0.233 e. The lowest BCUT2D eigenvalue weighted by Crippen LogP contribution is -2.40. The highest BCUT2D eigenvalue weighted by Crippen LogP contribution is 2.52. The molecule has 3 aliphatic rings. The molecule has 1 saturated carbocycles. The highest BCUT2D eigenvalue weighted by molar-refractivity contribution is 14.0. The first kappa shape index (κ1) is 21.8. The summed E-state index contributed by atoms with van der Waals surface area (Å²) in [6.45, 7) is 1.89. The van der Waals surface area contributed by atoms with Crippen molar-refractivity contribution in [1.82, 2.24) is 25.3 Å². The quantitative estimate of drug-likeness (QED) is 0.142. The number of allylic oxidation sites excluding steroid dienone is 2. The first-order valence-electron chi connectivity index (χ1n) is 10.0. The third-order valence-corrected chi connectivity index (χ3v) is 6.10. The molecule has 29 heavy (non-hydrogen) atoms. The van der Waals surface area contributed by atoms with Crippen LogP contribution in [0.25, 0.3) is 0 Å². The monoisotopic (exact) mass is 512 g/mol. The standard InChI is InChI=1S/C20H28N6O2.HI/c1-21-20(23-8-6-13-11-24-25(2)12-13)22-7-3-9-26-18(27)16-14-4-5-15(10-14)17(16)19(26)28;/h4-5,11-12,14-17H,3,6-10H2,1-2H3,(H2,21,22,23);1H. The van der Waals surface area contributed by atoms with Crippen LogP contribution in [0.1, 0.15) is 18.4 Å². The predicted molar refractivity (Wildman–Crippen MR) is 121 cm³/mol. The van der Waals surface area contributed by atoms with Crippen molar-refractivity contribution in [2.24, 2.45) is 35.7 Å². The fraction of sp³-hybridized carbons (Fsp3) is 0.600. The summed E-state index contributed by atoms with van der Waals surface area (Å²) < 4.78 is 1.79. The van der Waals surface area contributed by atoms with Crippen molar-refractivity contribution in [3.63, 3.8) is 0 Å². The molecule has 2 bridgehead atoms. The Hall–Kier alpha value is -1.91. The number of nitrogens with zero attached hydrogens (tertiary/aromatic N) is 4. The summed E-state index contributed by atoms with van der Waals surface area (Å²) in [5.74, 6) is 1.14. The molecule has 1 aliphatic heterocycles. The average Bonchev–Trinajstić information content (AvgIpc) is 3.44. The lowest BCUT2D eigenvalue weighted by Gasteiger charge is -2.18. The molecule has 0 spiro atoms. The summed E-state index contributed by atoms with van der Waals surface area (Å²) in [6, 6.07) is 0. The number of guanidine groups is 1. The molecule has 8 nitrogen and oxygen atoms in total. The van der Waals surface area contributed by atoms with Gasteiger partial charge in [0.05, 0.1) is 18.0 Å². The largest absolute Gasteiger partial charge is 0.356 e. The third-order valence-electron chi connectivity index (χ3n) is 6.10. The Labute approximate surface area is 188 Å². The molecular weight excluding hydrogens is 483 g/mol. The average molecular weight is 512 g/mol. The summed E-state index contributed by atoms with van der Waals surface area (Å²) >= 11 is 0. The fourth-order valence-corrected chi connectivity index (χ4v) is 4.78. The van der Waals surface area contributed by atoms with Gasteiger partial charge in [-0.1, -0.05) is 12.2 Å². The van der Waals surface area contributed by atoms with Gasteiger partial charge in [0.25, 0.3) is 0 Å². The Balaban J connectivity index is 0.00000240. The minimum atomic E-state index is -0.0997. The zero-order valence-corrected chi connectivity index (χ0v) is 19.2. The number of nitrogens with one attached hydrogen (secondary N) is 2. The van der Waals surface area contributed by atoms with E-state index in [1.54, 1.807) is 11.7 Å². The zero-order chi connectivity index (χ0) is 19.7. The van der Waals surface area contributed by atoms with Crippen LogP contribution < -0.4 is 10.6 Å². The lowest BCUT2D eigenvalue weighted by molar-refractivity contribution is -0.140. The van der Waals surface area contributed by atoms with Gasteiger partial charge in [0.1, 0.15) is 0 Å². The minimum absolute atomic E-state index is 0. The van der Waals surface area contributed by atoms with Gasteiger partial charge in [-0.15, -0.1) is 24.0 Å². The van der Waals surface area contributed by atoms with Gasteiger partial charge >= 0.3 is 0 Å². The molecule has 0 radical (unpaired) electrons. The Bertz CT molecular complexity index is 790. The number of carbonyl (C=O) groups is 2. The molecule has 4 rings (SSSR count). The Morgan fingerprint density at radius 1 is 1.17 bits per heavy atom. The van der Waals surface area contributed by atoms with Gasteiger partial charge in [0, 0.05) is 39.9 Å². The number of hydrogen-bond donors (Lipinski definition) is 2. The highest BCUT2D eigenvalue weighted by atomic mass is 127. The second-order valence-electron chi connectivity index (χ2n) is 7.88. The van der Waals surface area contributed by atoms with E-state index >= 15 is 0 Å². The number of aromatic nitrogens is 2. The molecule has 0 aromatic carbocycles. The second-order valence-corrected chi connectivity index (χ2v) is 7.88. The van der Waals surface area contributed by atoms with E-state index < -0.39 is 0 Å². The van der Waals surface area contributed by atoms with Crippen molar-refractivity contribution in [3.8, 4) is 0 Å². The van der Waals surface area contributed by atoms with Gasteiger partial charge in [-0.3, -0.25) is 24.2 Å². The Morgan fingerprint density at radius 2 is 1.83 bits per heavy atom. The number of likely N-dealkylation sites (tertiary alicyclic amines) is 1. The summed E-state index contributed by atoms with van der Waals surface area (Å²) in [4.78, 5) is 31.0. The number of aryl methyl sites for hydroxylation is 1. The summed E-state index contributed by atoms with van der Waals surface area (Å²) in [5.41, 5.74) is 1.17. The summed E-state index contributed by atoms with van der Waals surface area (Å²) in [5, 5.41) is 10.7. The molecular formula is C20H29IN6O2. The van der Waals surface area contributed by atoms with Crippen molar-refractivity contribution in [3.05, 3.63) is 30.1 Å². The van der Waals surface area contributed by atoms with E-state index in [0.717, 1.165) is 25.3 Å². The molecule has 2 aliphatic carbocycles. The SMILES string of the molecule is CN=C(NCCCN1C(=O)C2C3C=CC(C3)C2C1=O)NCCc1cnn(C)c1.I. The number of aliphatic imine (C=N–C) groups is 1. The summed E-state index contributed by atoms with van der Waals surface area (Å²) in [7, 11) is 3.64. The van der Waals surface area contributed by atoms with Gasteiger partial charge in [-0.2, -0.15) is 5.10 Å². The first-order chi connectivity index (χ1) is 13.6. The van der Waals surface area contributed by atoms with E-state index in [-0.39, 0.29) is 59.5 Å². The number of imide groups is 1. The maximum absolute atomic E-state index is 12.7. The highest BCUT2D eigenvalue weighted by Gasteiger charge is 2.58. The molecule has 158 valence electrons. The topological polar surface area (TPSA) is 91.6 Å². The van der Waals surface area contributed by atoms with Gasteiger partial charge in [-0.25, -0.2) is 0 Å². The van der Waals surface area contributed by atoms with Crippen LogP contribution in [0.15, 0.2) is 29.5 Å². The molecule has 4 atom stereocenters. The van der Waals surface area contributed by atoms with Crippen molar-refractivity contribution in [2.45, 2.75) is 19.3 Å². The van der Waals surface area contributed by atoms with E-state index in [1.165, 1.54) is 10.5 Å². The van der Waals surface area contributed by atoms with Crippen LogP contribution in [0.4, 0.5) is 0 Å². The number of halogens is 1. The molecule has 1 aromatic heterocycles. The summed E-state index contributed by atoms with van der Waals surface area (Å²) in [6.07, 6.45) is 10.7. The van der Waals surface area contributed by atoms with Gasteiger partial charge in [-0.05, 0) is 36.7 Å². The van der Waals surface area contributed by atoms with Crippen LogP contribution in [0.5, 0.6) is 0 Å². The smallest absolute Gasteiger partial charge is 0.233 e. The molecule has 9 heteroatoms. The molecule has 2 heterocycles. The predicted octanol–water partition coefficient (Wildman–Crippen LogP) is 0.943. The Morgan fingerprint density at radius 3 is 2.41 bits per heavy atom. The van der Waals surface area contributed by atoms with Gasteiger partial charge in [0.15, 0.2) is 5.96 Å². The number of fused-ring (bicyclic) bond motifs is 5. The van der Waals surface area contributed by atoms with E-state index in [9.17, 15) is 9.59 Å². The Kier molecular flexibility index (Phi) is 6.97. The van der Waals surface area contributed by atoms with E-state index in [0.29, 0.717) is 19.5 Å². The number of hydrogen-bond acceptors (Lipinski definition) is 4. The van der Waals surface area contributed by atoms with Crippen LogP contribution in [0, 0.1) is 23.7 Å². The van der Waals surface area contributed by atoms with Crippen LogP contribution in [0.2, 0.25) is 0 Å². The normalized spacial score (nSPS) is 27.4. The van der Waals surface area contributed by atoms with Crippen molar-refractivity contribution < 1.29 is 9.59 Å². The van der Waals surface area contributed by atoms with Crippen LogP contribution >= 0.6 is 24.0 Å². The molecule has 2 fully saturated rings. The fourth-order valence-electron chi connectivity index (χ4n) is 4.78.